The van der Waals surface area contributed by atoms with E-state index in [4.69, 9.17) is 13.9 Å². The molecule has 3 fully saturated rings. The second-order valence-corrected chi connectivity index (χ2v) is 16.8. The SMILES string of the molecule is CC(C)(C)[Si](C)(C)Oc1ccc2c(c1)CCC1C2CC[C@@]2(C)C1CCC21OCCO1. The van der Waals surface area contributed by atoms with Gasteiger partial charge in [-0.1, -0.05) is 33.8 Å². The fourth-order valence-corrected chi connectivity index (χ4v) is 7.98. The van der Waals surface area contributed by atoms with E-state index in [1.165, 1.54) is 37.7 Å². The molecule has 3 aliphatic carbocycles. The molecular weight excluding hydrogens is 388 g/mol. The van der Waals surface area contributed by atoms with Gasteiger partial charge in [0.25, 0.3) is 0 Å². The number of ether oxygens (including phenoxy) is 2. The number of benzene rings is 1. The Morgan fingerprint density at radius 3 is 2.47 bits per heavy atom. The standard InChI is InChI=1S/C26H40O3Si/c1-24(2,3)30(5,6)29-19-8-10-20-18(17-19)7-9-22-21(20)11-13-25(4)23(22)12-14-26(25)27-15-16-28-26/h8,10,17,21-23H,7,9,11-16H2,1-6H3/t21?,22?,23?,25-/m0/s1. The zero-order valence-corrected chi connectivity index (χ0v) is 20.8. The first-order chi connectivity index (χ1) is 14.1. The van der Waals surface area contributed by atoms with Crippen LogP contribution in [0.2, 0.25) is 18.1 Å². The van der Waals surface area contributed by atoms with Crippen LogP contribution in [-0.2, 0) is 15.9 Å². The summed E-state index contributed by atoms with van der Waals surface area (Å²) in [6, 6.07) is 7.04. The van der Waals surface area contributed by atoms with Crippen molar-refractivity contribution >= 4 is 8.32 Å². The van der Waals surface area contributed by atoms with E-state index in [1.807, 2.05) is 0 Å². The molecular formula is C26H40O3Si. The van der Waals surface area contributed by atoms with Crippen LogP contribution in [0.25, 0.3) is 0 Å². The molecule has 4 atom stereocenters. The van der Waals surface area contributed by atoms with Crippen LogP contribution in [0.4, 0.5) is 0 Å². The predicted octanol–water partition coefficient (Wildman–Crippen LogP) is 6.67. The van der Waals surface area contributed by atoms with E-state index in [9.17, 15) is 0 Å². The highest BCUT2D eigenvalue weighted by molar-refractivity contribution is 6.74. The normalized spacial score (nSPS) is 35.1. The van der Waals surface area contributed by atoms with Crippen LogP contribution in [0.5, 0.6) is 5.75 Å². The van der Waals surface area contributed by atoms with Crippen LogP contribution < -0.4 is 4.43 Å². The van der Waals surface area contributed by atoms with E-state index in [2.05, 4.69) is 59.0 Å². The summed E-state index contributed by atoms with van der Waals surface area (Å²) in [7, 11) is -1.80. The quantitative estimate of drug-likeness (QED) is 0.492. The predicted molar refractivity (Wildman–Crippen MR) is 124 cm³/mol. The molecule has 0 N–H and O–H groups in total. The van der Waals surface area contributed by atoms with E-state index in [0.717, 1.165) is 37.2 Å². The smallest absolute Gasteiger partial charge is 0.250 e. The van der Waals surface area contributed by atoms with Gasteiger partial charge in [0.1, 0.15) is 5.75 Å². The van der Waals surface area contributed by atoms with Crippen molar-refractivity contribution in [2.75, 3.05) is 13.2 Å². The molecule has 3 unspecified atom stereocenters. The third-order valence-corrected chi connectivity index (χ3v) is 14.0. The van der Waals surface area contributed by atoms with Crippen molar-refractivity contribution in [3.8, 4) is 5.75 Å². The number of hydrogen-bond donors (Lipinski definition) is 0. The van der Waals surface area contributed by atoms with Gasteiger partial charge in [-0.25, -0.2) is 0 Å². The average molecular weight is 429 g/mol. The van der Waals surface area contributed by atoms with Gasteiger partial charge in [-0.15, -0.1) is 0 Å². The van der Waals surface area contributed by atoms with Gasteiger partial charge < -0.3 is 13.9 Å². The molecule has 1 aromatic rings. The molecule has 1 saturated heterocycles. The summed E-state index contributed by atoms with van der Waals surface area (Å²) in [4.78, 5) is 0. The maximum Gasteiger partial charge on any atom is 0.250 e. The first-order valence-corrected chi connectivity index (χ1v) is 15.1. The van der Waals surface area contributed by atoms with Gasteiger partial charge in [0.15, 0.2) is 5.79 Å². The lowest BCUT2D eigenvalue weighted by Crippen LogP contribution is -2.51. The number of rotatable bonds is 2. The summed E-state index contributed by atoms with van der Waals surface area (Å²) in [5, 5.41) is 0.227. The summed E-state index contributed by atoms with van der Waals surface area (Å²) >= 11 is 0. The Hall–Kier alpha value is -0.843. The minimum atomic E-state index is -1.80. The largest absolute Gasteiger partial charge is 0.543 e. The van der Waals surface area contributed by atoms with Crippen LogP contribution in [0.15, 0.2) is 18.2 Å². The van der Waals surface area contributed by atoms with Crippen LogP contribution in [0.3, 0.4) is 0 Å². The van der Waals surface area contributed by atoms with Crippen molar-refractivity contribution in [3.63, 3.8) is 0 Å². The van der Waals surface area contributed by atoms with Gasteiger partial charge in [-0.05, 0) is 91.2 Å². The van der Waals surface area contributed by atoms with Crippen LogP contribution in [-0.4, -0.2) is 27.3 Å². The molecule has 0 radical (unpaired) electrons. The van der Waals surface area contributed by atoms with Gasteiger partial charge in [0, 0.05) is 11.8 Å². The van der Waals surface area contributed by atoms with Gasteiger partial charge in [-0.3, -0.25) is 0 Å². The second kappa shape index (κ2) is 6.83. The molecule has 1 spiro atoms. The zero-order chi connectivity index (χ0) is 21.4. The minimum absolute atomic E-state index is 0.188. The van der Waals surface area contributed by atoms with E-state index in [-0.39, 0.29) is 16.2 Å². The summed E-state index contributed by atoms with van der Waals surface area (Å²) in [6.07, 6.45) is 7.33. The highest BCUT2D eigenvalue weighted by Crippen LogP contribution is 2.66. The van der Waals surface area contributed by atoms with Crippen LogP contribution in [0.1, 0.15) is 76.8 Å². The molecule has 1 heterocycles. The summed E-state index contributed by atoms with van der Waals surface area (Å²) in [6.45, 7) is 15.6. The zero-order valence-electron chi connectivity index (χ0n) is 19.8. The van der Waals surface area contributed by atoms with Crippen molar-refractivity contribution in [3.05, 3.63) is 29.3 Å². The minimum Gasteiger partial charge on any atom is -0.543 e. The van der Waals surface area contributed by atoms with Crippen molar-refractivity contribution < 1.29 is 13.9 Å². The van der Waals surface area contributed by atoms with E-state index in [0.29, 0.717) is 5.92 Å². The Kier molecular flexibility index (Phi) is 4.78. The number of fused-ring (bicyclic) bond motifs is 6. The molecule has 4 heteroatoms. The summed E-state index contributed by atoms with van der Waals surface area (Å²) in [5.41, 5.74) is 3.33. The third kappa shape index (κ3) is 2.97. The first kappa shape index (κ1) is 21.0. The number of hydrogen-bond acceptors (Lipinski definition) is 3. The lowest BCUT2D eigenvalue weighted by Gasteiger charge is -2.52. The fraction of sp³-hybridized carbons (Fsp3) is 0.769. The highest BCUT2D eigenvalue weighted by atomic mass is 28.4. The Balaban J connectivity index is 1.39. The van der Waals surface area contributed by atoms with Crippen LogP contribution >= 0.6 is 0 Å². The molecule has 0 bridgehead atoms. The van der Waals surface area contributed by atoms with Gasteiger partial charge >= 0.3 is 0 Å². The van der Waals surface area contributed by atoms with E-state index in [1.54, 1.807) is 5.56 Å². The molecule has 166 valence electrons. The second-order valence-electron chi connectivity index (χ2n) is 12.1. The molecule has 4 aliphatic rings. The number of aryl methyl sites for hydroxylation is 1. The van der Waals surface area contributed by atoms with Gasteiger partial charge in [-0.2, -0.15) is 0 Å². The molecule has 0 aromatic heterocycles. The molecule has 3 nitrogen and oxygen atoms in total. The molecule has 2 saturated carbocycles. The molecule has 0 amide bonds. The van der Waals surface area contributed by atoms with Crippen molar-refractivity contribution in [2.45, 2.75) is 96.1 Å². The monoisotopic (exact) mass is 428 g/mol. The van der Waals surface area contributed by atoms with Crippen LogP contribution in [0, 0.1) is 17.3 Å². The van der Waals surface area contributed by atoms with Gasteiger partial charge in [0.05, 0.1) is 13.2 Å². The molecule has 5 rings (SSSR count). The third-order valence-electron chi connectivity index (χ3n) is 9.68. The molecule has 30 heavy (non-hydrogen) atoms. The maximum absolute atomic E-state index is 6.62. The lowest BCUT2D eigenvalue weighted by atomic mass is 9.55. The first-order valence-electron chi connectivity index (χ1n) is 12.2. The van der Waals surface area contributed by atoms with Crippen molar-refractivity contribution in [2.24, 2.45) is 17.3 Å². The lowest BCUT2D eigenvalue weighted by molar-refractivity contribution is -0.237. The highest BCUT2D eigenvalue weighted by Gasteiger charge is 2.65. The van der Waals surface area contributed by atoms with Crippen molar-refractivity contribution in [1.82, 2.24) is 0 Å². The Morgan fingerprint density at radius 1 is 1.03 bits per heavy atom. The Bertz CT molecular complexity index is 820. The Labute approximate surface area is 184 Å². The fourth-order valence-electron chi connectivity index (χ4n) is 6.96. The topological polar surface area (TPSA) is 27.7 Å². The van der Waals surface area contributed by atoms with E-state index >= 15 is 0 Å². The summed E-state index contributed by atoms with van der Waals surface area (Å²) in [5.74, 6) is 3.00. The average Bonchev–Trinajstić information content (AvgIpc) is 3.26. The maximum atomic E-state index is 6.62. The summed E-state index contributed by atoms with van der Waals surface area (Å²) < 4.78 is 19.2. The van der Waals surface area contributed by atoms with E-state index < -0.39 is 8.32 Å². The molecule has 1 aromatic carbocycles. The molecule has 1 aliphatic heterocycles. The van der Waals surface area contributed by atoms with Crippen molar-refractivity contribution in [1.29, 1.82) is 0 Å². The van der Waals surface area contributed by atoms with Gasteiger partial charge in [0.2, 0.25) is 8.32 Å². The Morgan fingerprint density at radius 2 is 1.77 bits per heavy atom.